The maximum absolute atomic E-state index is 11.3. The second kappa shape index (κ2) is 8.34. The molecule has 1 rings (SSSR count). The number of ether oxygens (including phenoxy) is 1. The van der Waals surface area contributed by atoms with E-state index in [1.165, 1.54) is 0 Å². The average molecular weight is 230 g/mol. The van der Waals surface area contributed by atoms with E-state index >= 15 is 0 Å². The Morgan fingerprint density at radius 1 is 1.18 bits per heavy atom. The summed E-state index contributed by atoms with van der Waals surface area (Å²) in [4.78, 5) is 11.3. The number of hydrogen-bond donors (Lipinski definition) is 0. The van der Waals surface area contributed by atoms with Crippen LogP contribution in [0.3, 0.4) is 0 Å². The zero-order valence-electron chi connectivity index (χ0n) is 10.1. The smallest absolute Gasteiger partial charge is 0.309 e. The SMILES string of the molecule is CC/C=C\COC(=O)C/C=C/c1ccccc1. The maximum atomic E-state index is 11.3. The second-order valence-electron chi connectivity index (χ2n) is 3.58. The molecule has 0 aliphatic heterocycles. The molecule has 0 aromatic heterocycles. The molecule has 0 saturated carbocycles. The van der Waals surface area contributed by atoms with E-state index in [0.29, 0.717) is 13.0 Å². The summed E-state index contributed by atoms with van der Waals surface area (Å²) >= 11 is 0. The molecule has 0 aliphatic rings. The Morgan fingerprint density at radius 2 is 1.94 bits per heavy atom. The highest BCUT2D eigenvalue weighted by Gasteiger charge is 1.96. The third-order valence-electron chi connectivity index (χ3n) is 2.14. The van der Waals surface area contributed by atoms with Crippen molar-refractivity contribution in [3.05, 3.63) is 54.1 Å². The van der Waals surface area contributed by atoms with Gasteiger partial charge >= 0.3 is 5.97 Å². The van der Waals surface area contributed by atoms with Gasteiger partial charge in [0.15, 0.2) is 0 Å². The van der Waals surface area contributed by atoms with Gasteiger partial charge in [-0.3, -0.25) is 4.79 Å². The molecule has 2 heteroatoms. The summed E-state index contributed by atoms with van der Waals surface area (Å²) in [5, 5.41) is 0. The van der Waals surface area contributed by atoms with Crippen molar-refractivity contribution in [2.75, 3.05) is 6.61 Å². The summed E-state index contributed by atoms with van der Waals surface area (Å²) in [7, 11) is 0. The van der Waals surface area contributed by atoms with Gasteiger partial charge in [-0.1, -0.05) is 61.6 Å². The van der Waals surface area contributed by atoms with Crippen molar-refractivity contribution in [1.82, 2.24) is 0 Å². The number of allylic oxidation sites excluding steroid dienone is 1. The summed E-state index contributed by atoms with van der Waals surface area (Å²) in [6.45, 7) is 2.41. The lowest BCUT2D eigenvalue weighted by Gasteiger charge is -1.98. The van der Waals surface area contributed by atoms with E-state index in [1.54, 1.807) is 0 Å². The van der Waals surface area contributed by atoms with Crippen molar-refractivity contribution in [2.45, 2.75) is 19.8 Å². The second-order valence-corrected chi connectivity index (χ2v) is 3.58. The van der Waals surface area contributed by atoms with Crippen LogP contribution in [0.25, 0.3) is 6.08 Å². The van der Waals surface area contributed by atoms with Gasteiger partial charge in [0.1, 0.15) is 6.61 Å². The predicted molar refractivity (Wildman–Crippen MR) is 70.5 cm³/mol. The molecule has 0 amide bonds. The summed E-state index contributed by atoms with van der Waals surface area (Å²) in [5.74, 6) is -0.196. The van der Waals surface area contributed by atoms with Crippen LogP contribution in [-0.4, -0.2) is 12.6 Å². The molecular formula is C15H18O2. The van der Waals surface area contributed by atoms with Crippen LogP contribution in [0.4, 0.5) is 0 Å². The van der Waals surface area contributed by atoms with E-state index in [9.17, 15) is 4.79 Å². The summed E-state index contributed by atoms with van der Waals surface area (Å²) in [5.41, 5.74) is 1.09. The molecule has 90 valence electrons. The number of benzene rings is 1. The third-order valence-corrected chi connectivity index (χ3v) is 2.14. The van der Waals surface area contributed by atoms with Gasteiger partial charge in [0.2, 0.25) is 0 Å². The van der Waals surface area contributed by atoms with Gasteiger partial charge in [-0.25, -0.2) is 0 Å². The fraction of sp³-hybridized carbons (Fsp3) is 0.267. The van der Waals surface area contributed by atoms with Crippen LogP contribution >= 0.6 is 0 Å². The Kier molecular flexibility index (Phi) is 6.49. The molecule has 0 bridgehead atoms. The van der Waals surface area contributed by atoms with Crippen molar-refractivity contribution in [3.8, 4) is 0 Å². The van der Waals surface area contributed by atoms with Gasteiger partial charge in [0.25, 0.3) is 0 Å². The van der Waals surface area contributed by atoms with Crippen LogP contribution in [0.2, 0.25) is 0 Å². The number of hydrogen-bond acceptors (Lipinski definition) is 2. The average Bonchev–Trinajstić information content (AvgIpc) is 2.36. The third kappa shape index (κ3) is 6.36. The molecule has 0 atom stereocenters. The van der Waals surface area contributed by atoms with Gasteiger partial charge in [0, 0.05) is 0 Å². The van der Waals surface area contributed by atoms with Crippen molar-refractivity contribution >= 4 is 12.0 Å². The van der Waals surface area contributed by atoms with Crippen molar-refractivity contribution < 1.29 is 9.53 Å². The van der Waals surface area contributed by atoms with E-state index in [4.69, 9.17) is 4.74 Å². The topological polar surface area (TPSA) is 26.3 Å². The fourth-order valence-electron chi connectivity index (χ4n) is 1.29. The zero-order valence-corrected chi connectivity index (χ0v) is 10.1. The fourth-order valence-corrected chi connectivity index (χ4v) is 1.29. The first-order valence-corrected chi connectivity index (χ1v) is 5.85. The highest BCUT2D eigenvalue weighted by Crippen LogP contribution is 2.02. The van der Waals surface area contributed by atoms with Crippen LogP contribution in [0.1, 0.15) is 25.3 Å². The number of esters is 1. The highest BCUT2D eigenvalue weighted by atomic mass is 16.5. The molecule has 0 radical (unpaired) electrons. The summed E-state index contributed by atoms with van der Waals surface area (Å²) in [6.07, 6.45) is 8.86. The van der Waals surface area contributed by atoms with E-state index in [2.05, 4.69) is 0 Å². The minimum atomic E-state index is -0.196. The quantitative estimate of drug-likeness (QED) is 0.551. The standard InChI is InChI=1S/C15H18O2/c1-2-3-7-13-17-15(16)12-8-11-14-9-5-4-6-10-14/h3-11H,2,12-13H2,1H3/b7-3-,11-8+. The molecule has 1 aromatic rings. The molecule has 0 saturated heterocycles. The largest absolute Gasteiger partial charge is 0.461 e. The highest BCUT2D eigenvalue weighted by molar-refractivity contribution is 5.72. The Bertz CT molecular complexity index is 377. The molecule has 0 aliphatic carbocycles. The van der Waals surface area contributed by atoms with Gasteiger partial charge in [-0.15, -0.1) is 0 Å². The molecule has 0 fully saturated rings. The van der Waals surface area contributed by atoms with Crippen molar-refractivity contribution in [2.24, 2.45) is 0 Å². The molecule has 0 spiro atoms. The van der Waals surface area contributed by atoms with Crippen molar-refractivity contribution in [3.63, 3.8) is 0 Å². The lowest BCUT2D eigenvalue weighted by molar-refractivity contribution is -0.141. The van der Waals surface area contributed by atoms with Gasteiger partial charge in [-0.05, 0) is 12.0 Å². The Balaban J connectivity index is 2.24. The minimum Gasteiger partial charge on any atom is -0.461 e. The zero-order chi connectivity index (χ0) is 12.3. The van der Waals surface area contributed by atoms with E-state index in [-0.39, 0.29) is 5.97 Å². The minimum absolute atomic E-state index is 0.196. The molecule has 2 nitrogen and oxygen atoms in total. The van der Waals surface area contributed by atoms with Gasteiger partial charge < -0.3 is 4.74 Å². The Hall–Kier alpha value is -1.83. The lowest BCUT2D eigenvalue weighted by Crippen LogP contribution is -2.02. The summed E-state index contributed by atoms with van der Waals surface area (Å²) in [6, 6.07) is 9.88. The van der Waals surface area contributed by atoms with Crippen LogP contribution in [-0.2, 0) is 9.53 Å². The molecule has 0 heterocycles. The Labute approximate surface area is 103 Å². The number of rotatable bonds is 6. The Morgan fingerprint density at radius 3 is 2.65 bits per heavy atom. The van der Waals surface area contributed by atoms with Crippen LogP contribution < -0.4 is 0 Å². The monoisotopic (exact) mass is 230 g/mol. The molecular weight excluding hydrogens is 212 g/mol. The number of carbonyl (C=O) groups excluding carboxylic acids is 1. The summed E-state index contributed by atoms with van der Waals surface area (Å²) < 4.78 is 5.01. The maximum Gasteiger partial charge on any atom is 0.309 e. The van der Waals surface area contributed by atoms with Crippen LogP contribution in [0.5, 0.6) is 0 Å². The first-order valence-electron chi connectivity index (χ1n) is 5.85. The van der Waals surface area contributed by atoms with Crippen molar-refractivity contribution in [1.29, 1.82) is 0 Å². The van der Waals surface area contributed by atoms with Gasteiger partial charge in [0.05, 0.1) is 6.42 Å². The number of carbonyl (C=O) groups is 1. The first-order chi connectivity index (χ1) is 8.33. The van der Waals surface area contributed by atoms with E-state index in [0.717, 1.165) is 12.0 Å². The first kappa shape index (κ1) is 13.2. The van der Waals surface area contributed by atoms with E-state index < -0.39 is 0 Å². The van der Waals surface area contributed by atoms with Gasteiger partial charge in [-0.2, -0.15) is 0 Å². The lowest BCUT2D eigenvalue weighted by atomic mass is 10.2. The van der Waals surface area contributed by atoms with E-state index in [1.807, 2.05) is 61.6 Å². The van der Waals surface area contributed by atoms with Crippen LogP contribution in [0, 0.1) is 0 Å². The molecule has 1 aromatic carbocycles. The normalized spacial score (nSPS) is 11.1. The molecule has 0 N–H and O–H groups in total. The predicted octanol–water partition coefficient (Wildman–Crippen LogP) is 3.60. The molecule has 17 heavy (non-hydrogen) atoms. The molecule has 0 unspecified atom stereocenters. The van der Waals surface area contributed by atoms with Crippen LogP contribution in [0.15, 0.2) is 48.6 Å².